The Bertz CT molecular complexity index is 1300. The van der Waals surface area contributed by atoms with E-state index in [1.54, 1.807) is 42.5 Å². The second kappa shape index (κ2) is 9.62. The SMILES string of the molecule is COc1ccc(Cl)cc1NC(=O)Nc1ccc(Oc2ncnc3cc(N(C)C)ccc23)cc1. The first kappa shape index (κ1) is 22.2. The predicted octanol–water partition coefficient (Wildman–Crippen LogP) is 5.79. The maximum atomic E-state index is 12.4. The van der Waals surface area contributed by atoms with E-state index in [0.717, 1.165) is 16.6 Å². The lowest BCUT2D eigenvalue weighted by molar-refractivity contribution is 0.262. The number of amides is 2. The standard InChI is InChI=1S/C24H22ClN5O3/c1-30(2)17-7-10-19-20(13-17)26-14-27-23(19)33-18-8-5-16(6-9-18)28-24(31)29-21-12-15(25)4-11-22(21)32-3/h4-14H,1-3H3,(H2,28,29,31). The largest absolute Gasteiger partial charge is 0.495 e. The first-order valence-corrected chi connectivity index (χ1v) is 10.4. The topological polar surface area (TPSA) is 88.6 Å². The van der Waals surface area contributed by atoms with Gasteiger partial charge in [0.15, 0.2) is 0 Å². The Kier molecular flexibility index (Phi) is 6.46. The van der Waals surface area contributed by atoms with Gasteiger partial charge in [-0.15, -0.1) is 0 Å². The highest BCUT2D eigenvalue weighted by Crippen LogP contribution is 2.30. The fraction of sp³-hybridized carbons (Fsp3) is 0.125. The van der Waals surface area contributed by atoms with Crippen molar-refractivity contribution in [1.82, 2.24) is 9.97 Å². The molecule has 1 aromatic heterocycles. The van der Waals surface area contributed by atoms with Crippen molar-refractivity contribution in [3.8, 4) is 17.4 Å². The third-order valence-corrected chi connectivity index (χ3v) is 5.07. The van der Waals surface area contributed by atoms with Crippen LogP contribution in [-0.4, -0.2) is 37.2 Å². The van der Waals surface area contributed by atoms with E-state index >= 15 is 0 Å². The van der Waals surface area contributed by atoms with Crippen LogP contribution >= 0.6 is 11.6 Å². The van der Waals surface area contributed by atoms with Crippen LogP contribution in [0.4, 0.5) is 21.9 Å². The van der Waals surface area contributed by atoms with Crippen molar-refractivity contribution in [1.29, 1.82) is 0 Å². The Morgan fingerprint density at radius 1 is 0.970 bits per heavy atom. The van der Waals surface area contributed by atoms with Crippen molar-refractivity contribution in [3.63, 3.8) is 0 Å². The van der Waals surface area contributed by atoms with Crippen LogP contribution in [-0.2, 0) is 0 Å². The Hall–Kier alpha value is -4.04. The molecule has 0 aliphatic rings. The smallest absolute Gasteiger partial charge is 0.323 e. The van der Waals surface area contributed by atoms with Gasteiger partial charge in [-0.05, 0) is 60.7 Å². The number of methoxy groups -OCH3 is 1. The second-order valence-electron chi connectivity index (χ2n) is 7.32. The van der Waals surface area contributed by atoms with Crippen LogP contribution in [0.15, 0.2) is 67.0 Å². The molecule has 0 saturated heterocycles. The number of aromatic nitrogens is 2. The third-order valence-electron chi connectivity index (χ3n) is 4.84. The summed E-state index contributed by atoms with van der Waals surface area (Å²) >= 11 is 6.01. The van der Waals surface area contributed by atoms with Gasteiger partial charge in [-0.1, -0.05) is 11.6 Å². The van der Waals surface area contributed by atoms with Crippen molar-refractivity contribution in [2.24, 2.45) is 0 Å². The Morgan fingerprint density at radius 2 is 1.76 bits per heavy atom. The molecule has 9 heteroatoms. The van der Waals surface area contributed by atoms with Gasteiger partial charge in [-0.25, -0.2) is 14.8 Å². The number of ether oxygens (including phenoxy) is 2. The van der Waals surface area contributed by atoms with E-state index in [9.17, 15) is 4.79 Å². The molecule has 4 aromatic rings. The fourth-order valence-corrected chi connectivity index (χ4v) is 3.33. The summed E-state index contributed by atoms with van der Waals surface area (Å²) in [6.45, 7) is 0. The first-order valence-electron chi connectivity index (χ1n) is 10.0. The Morgan fingerprint density at radius 3 is 2.48 bits per heavy atom. The molecule has 1 heterocycles. The molecule has 0 bridgehead atoms. The van der Waals surface area contributed by atoms with Crippen LogP contribution in [0.5, 0.6) is 17.4 Å². The number of urea groups is 1. The van der Waals surface area contributed by atoms with Gasteiger partial charge in [0.05, 0.1) is 23.7 Å². The van der Waals surface area contributed by atoms with E-state index in [0.29, 0.717) is 33.8 Å². The highest BCUT2D eigenvalue weighted by atomic mass is 35.5. The zero-order chi connectivity index (χ0) is 23.4. The average molecular weight is 464 g/mol. The van der Waals surface area contributed by atoms with E-state index < -0.39 is 6.03 Å². The minimum atomic E-state index is -0.428. The summed E-state index contributed by atoms with van der Waals surface area (Å²) < 4.78 is 11.2. The summed E-state index contributed by atoms with van der Waals surface area (Å²) in [7, 11) is 5.47. The minimum Gasteiger partial charge on any atom is -0.495 e. The highest BCUT2D eigenvalue weighted by Gasteiger charge is 2.10. The molecule has 0 aliphatic carbocycles. The molecule has 3 aromatic carbocycles. The third kappa shape index (κ3) is 5.24. The van der Waals surface area contributed by atoms with Crippen LogP contribution in [0.2, 0.25) is 5.02 Å². The molecule has 0 radical (unpaired) electrons. The number of carbonyl (C=O) groups excluding carboxylic acids is 1. The van der Waals surface area contributed by atoms with E-state index in [-0.39, 0.29) is 0 Å². The maximum absolute atomic E-state index is 12.4. The van der Waals surface area contributed by atoms with Crippen molar-refractivity contribution < 1.29 is 14.3 Å². The van der Waals surface area contributed by atoms with Gasteiger partial charge in [0, 0.05) is 30.5 Å². The summed E-state index contributed by atoms with van der Waals surface area (Å²) in [5.41, 5.74) is 2.88. The monoisotopic (exact) mass is 463 g/mol. The van der Waals surface area contributed by atoms with Crippen LogP contribution in [0.25, 0.3) is 10.9 Å². The number of halogens is 1. The lowest BCUT2D eigenvalue weighted by Crippen LogP contribution is -2.19. The van der Waals surface area contributed by atoms with E-state index in [2.05, 4.69) is 20.6 Å². The lowest BCUT2D eigenvalue weighted by Gasteiger charge is -2.14. The van der Waals surface area contributed by atoms with Gasteiger partial charge in [-0.3, -0.25) is 0 Å². The van der Waals surface area contributed by atoms with Gasteiger partial charge >= 0.3 is 6.03 Å². The van der Waals surface area contributed by atoms with Gasteiger partial charge in [0.1, 0.15) is 17.8 Å². The number of hydrogen-bond acceptors (Lipinski definition) is 6. The molecule has 0 spiro atoms. The molecule has 0 unspecified atom stereocenters. The van der Waals surface area contributed by atoms with Crippen LogP contribution in [0.1, 0.15) is 0 Å². The summed E-state index contributed by atoms with van der Waals surface area (Å²) in [4.78, 5) is 23.0. The van der Waals surface area contributed by atoms with Gasteiger partial charge < -0.3 is 25.0 Å². The molecule has 33 heavy (non-hydrogen) atoms. The summed E-state index contributed by atoms with van der Waals surface area (Å²) in [6.07, 6.45) is 1.47. The molecule has 0 aliphatic heterocycles. The number of nitrogens with one attached hydrogen (secondary N) is 2. The molecule has 0 fully saturated rings. The number of benzene rings is 3. The average Bonchev–Trinajstić information content (AvgIpc) is 2.80. The summed E-state index contributed by atoms with van der Waals surface area (Å²) in [5.74, 6) is 1.54. The Balaban J connectivity index is 1.45. The van der Waals surface area contributed by atoms with Crippen LogP contribution in [0.3, 0.4) is 0 Å². The van der Waals surface area contributed by atoms with Crippen molar-refractivity contribution >= 4 is 45.6 Å². The lowest BCUT2D eigenvalue weighted by atomic mass is 10.2. The molecular formula is C24H22ClN5O3. The molecular weight excluding hydrogens is 442 g/mol. The Labute approximate surface area is 196 Å². The van der Waals surface area contributed by atoms with Crippen molar-refractivity contribution in [3.05, 3.63) is 72.0 Å². The molecule has 4 rings (SSSR count). The van der Waals surface area contributed by atoms with Gasteiger partial charge in [0.2, 0.25) is 5.88 Å². The van der Waals surface area contributed by atoms with Crippen LogP contribution in [0, 0.1) is 0 Å². The fourth-order valence-electron chi connectivity index (χ4n) is 3.16. The quantitative estimate of drug-likeness (QED) is 0.376. The number of hydrogen-bond donors (Lipinski definition) is 2. The first-order chi connectivity index (χ1) is 15.9. The van der Waals surface area contributed by atoms with Crippen molar-refractivity contribution in [2.45, 2.75) is 0 Å². The molecule has 8 nitrogen and oxygen atoms in total. The number of carbonyl (C=O) groups is 1. The molecule has 2 amide bonds. The number of rotatable bonds is 6. The van der Waals surface area contributed by atoms with E-state index in [1.807, 2.05) is 37.2 Å². The zero-order valence-corrected chi connectivity index (χ0v) is 19.1. The highest BCUT2D eigenvalue weighted by molar-refractivity contribution is 6.31. The molecule has 0 saturated carbocycles. The van der Waals surface area contributed by atoms with E-state index in [4.69, 9.17) is 21.1 Å². The van der Waals surface area contributed by atoms with E-state index in [1.165, 1.54) is 13.4 Å². The predicted molar refractivity (Wildman–Crippen MR) is 131 cm³/mol. The van der Waals surface area contributed by atoms with Crippen molar-refractivity contribution in [2.75, 3.05) is 36.7 Å². The number of nitrogens with zero attached hydrogens (tertiary/aromatic N) is 3. The summed E-state index contributed by atoms with van der Waals surface area (Å²) in [5, 5.41) is 6.79. The minimum absolute atomic E-state index is 0.428. The summed E-state index contributed by atoms with van der Waals surface area (Å²) in [6, 6.07) is 17.4. The number of anilines is 3. The van der Waals surface area contributed by atoms with Gasteiger partial charge in [-0.2, -0.15) is 0 Å². The van der Waals surface area contributed by atoms with Crippen LogP contribution < -0.4 is 25.0 Å². The number of fused-ring (bicyclic) bond motifs is 1. The second-order valence-corrected chi connectivity index (χ2v) is 7.76. The maximum Gasteiger partial charge on any atom is 0.323 e. The normalized spacial score (nSPS) is 10.5. The zero-order valence-electron chi connectivity index (χ0n) is 18.3. The molecule has 168 valence electrons. The van der Waals surface area contributed by atoms with Gasteiger partial charge in [0.25, 0.3) is 0 Å². The molecule has 2 N–H and O–H groups in total. The molecule has 0 atom stereocenters.